The van der Waals surface area contributed by atoms with Crippen molar-refractivity contribution in [1.82, 2.24) is 0 Å². The third kappa shape index (κ3) is 44.4. The van der Waals surface area contributed by atoms with E-state index in [-0.39, 0.29) is 5.41 Å². The van der Waals surface area contributed by atoms with Gasteiger partial charge in [-0.25, -0.2) is 0 Å². The van der Waals surface area contributed by atoms with Gasteiger partial charge in [-0.1, -0.05) is 350 Å². The van der Waals surface area contributed by atoms with E-state index in [1.54, 1.807) is 77.0 Å². The second-order valence-electron chi connectivity index (χ2n) is 30.6. The minimum absolute atomic E-state index is 0.0980. The van der Waals surface area contributed by atoms with Gasteiger partial charge in [0, 0.05) is 68.2 Å². The average Bonchev–Trinajstić information content (AvgIpc) is 1.68. The Balaban J connectivity index is 0.000000272. The van der Waals surface area contributed by atoms with Crippen molar-refractivity contribution in [3.63, 3.8) is 0 Å². The summed E-state index contributed by atoms with van der Waals surface area (Å²) in [5.74, 6) is 5.02. The first-order chi connectivity index (χ1) is 63.3. The topological polar surface area (TPSA) is 252 Å². The first-order valence-electron chi connectivity index (χ1n) is 44.0. The molecule has 0 spiro atoms. The summed E-state index contributed by atoms with van der Waals surface area (Å²) in [7, 11) is 10.7. The number of hydrogen-bond donors (Lipinski definition) is 6. The van der Waals surface area contributed by atoms with E-state index in [4.69, 9.17) is 87.5 Å². The van der Waals surface area contributed by atoms with Crippen LogP contribution in [0.15, 0.2) is 364 Å². The Bertz CT molecular complexity index is 4300. The third-order valence-corrected chi connectivity index (χ3v) is 21.4. The zero-order chi connectivity index (χ0) is 93.3. The number of aliphatic hydroxyl groups excluding tert-OH is 4. The lowest BCUT2D eigenvalue weighted by atomic mass is 9.56. The number of methoxy groups -OCH3 is 4. The van der Waals surface area contributed by atoms with E-state index < -0.39 is 0 Å². The predicted molar refractivity (Wildman–Crippen MR) is 519 cm³/mol. The van der Waals surface area contributed by atoms with Crippen molar-refractivity contribution in [2.45, 2.75) is 118 Å². The molecule has 14 unspecified atom stereocenters. The van der Waals surface area contributed by atoms with Crippen molar-refractivity contribution in [3.05, 3.63) is 408 Å². The normalized spacial score (nSPS) is 17.8. The van der Waals surface area contributed by atoms with Crippen LogP contribution in [0.1, 0.15) is 121 Å². The standard InChI is InChI=1S/C31H32.C30H30.2C9H10O2.2C6H6O.4C4H8O2.4CH4O/c1-24(26-16-8-4-9-17-26)30(28-20-12-6-13-21-28)31(3,29-22-14-7-15-23-29)25(2)27-18-10-5-11-19-27;1-23(25-15-7-3-8-16-25)29(27-19-11-5-12-20-27)30(28-21-13-6-14-22-28)24(2)26-17-9-4-10-18-26;2*1-2-4-8(5-3-1)10-6-9-7-11-9;2*7-6-4-2-1-3-5-6;4*1-5-2-4-3-6-4;4*1-2/h4-25,30H,1-3H3;3-24,29-30H,1-2H3;2*1-5,9H,6-7H2;2*1-5,7H;4*4H,2-3H2,1H3;4*2H,1H3. The van der Waals surface area contributed by atoms with Gasteiger partial charge in [-0.15, -0.1) is 0 Å². The first kappa shape index (κ1) is 109. The minimum atomic E-state index is -0.0980. The number of para-hydroxylation sites is 4. The summed E-state index contributed by atoms with van der Waals surface area (Å²) < 4.78 is 59.1. The molecule has 129 heavy (non-hydrogen) atoms. The molecule has 0 aliphatic carbocycles. The summed E-state index contributed by atoms with van der Waals surface area (Å²) in [6, 6.07) is 125. The Morgan fingerprint density at radius 2 is 0.450 bits per heavy atom. The second-order valence-corrected chi connectivity index (χ2v) is 30.6. The van der Waals surface area contributed by atoms with E-state index in [0.717, 1.165) is 106 Å². The van der Waals surface area contributed by atoms with E-state index in [1.807, 2.05) is 72.8 Å². The molecule has 0 radical (unpaired) electrons. The van der Waals surface area contributed by atoms with Crippen molar-refractivity contribution < 1.29 is 87.5 Å². The summed E-state index contributed by atoms with van der Waals surface area (Å²) in [5.41, 5.74) is 11.1. The lowest BCUT2D eigenvalue weighted by Crippen LogP contribution is -2.38. The molecule has 0 amide bonds. The Hall–Kier alpha value is -10.7. The Labute approximate surface area is 768 Å². The van der Waals surface area contributed by atoms with Crippen molar-refractivity contribution in [3.8, 4) is 23.0 Å². The summed E-state index contributed by atoms with van der Waals surface area (Å²) in [6.45, 7) is 21.8. The molecule has 12 aromatic rings. The van der Waals surface area contributed by atoms with E-state index in [2.05, 4.69) is 277 Å². The summed E-state index contributed by atoms with van der Waals surface area (Å²) in [4.78, 5) is 0. The van der Waals surface area contributed by atoms with Crippen LogP contribution < -0.4 is 9.47 Å². The molecule has 12 aromatic carbocycles. The van der Waals surface area contributed by atoms with E-state index in [0.29, 0.717) is 103 Å². The SMILES string of the molecule is CC(c1ccccc1)C(c1ccccc1)C(C)(c1ccccc1)C(C)c1ccccc1.CC(c1ccccc1)C(c1ccccc1)C(c1ccccc1)C(C)c1ccccc1.CO.CO.CO.CO.COCC1CO1.COCC1CO1.COCC1CO1.COCC1CO1.Oc1ccccc1.Oc1ccccc1.c1ccc(OCC2CO2)cc1.c1ccc(OCC2CO2)cc1. The van der Waals surface area contributed by atoms with Gasteiger partial charge < -0.3 is 87.5 Å². The second kappa shape index (κ2) is 66.6. The third-order valence-electron chi connectivity index (χ3n) is 21.4. The zero-order valence-electron chi connectivity index (χ0n) is 77.7. The fraction of sp³-hybridized carbons (Fsp3) is 0.351. The fourth-order valence-corrected chi connectivity index (χ4v) is 14.2. The highest BCUT2D eigenvalue weighted by atomic mass is 16.6. The Kier molecular flexibility index (Phi) is 56.2. The molecule has 6 aliphatic rings. The minimum Gasteiger partial charge on any atom is -0.508 e. The monoisotopic (exact) mass is 1760 g/mol. The molecule has 0 bridgehead atoms. The average molecular weight is 1760 g/mol. The summed E-state index contributed by atoms with van der Waals surface area (Å²) >= 11 is 0. The van der Waals surface area contributed by atoms with Gasteiger partial charge in [0.15, 0.2) is 0 Å². The number of benzene rings is 12. The van der Waals surface area contributed by atoms with Gasteiger partial charge in [0.05, 0.1) is 66.1 Å². The Morgan fingerprint density at radius 3 is 0.667 bits per heavy atom. The van der Waals surface area contributed by atoms with Crippen LogP contribution in [0.2, 0.25) is 0 Å². The number of epoxide rings is 6. The van der Waals surface area contributed by atoms with Gasteiger partial charge in [0.1, 0.15) is 72.8 Å². The number of aromatic hydroxyl groups is 2. The van der Waals surface area contributed by atoms with Crippen LogP contribution in [0.5, 0.6) is 23.0 Å². The Morgan fingerprint density at radius 1 is 0.256 bits per heavy atom. The molecular formula is C111H142O18. The number of aliphatic hydroxyl groups is 4. The number of phenolic OH excluding ortho intramolecular Hbond substituents is 2. The largest absolute Gasteiger partial charge is 0.508 e. The molecule has 6 heterocycles. The molecule has 6 N–H and O–H groups in total. The maximum atomic E-state index is 8.63. The summed E-state index contributed by atoms with van der Waals surface area (Å²) in [5, 5.41) is 45.3. The molecule has 694 valence electrons. The molecule has 6 fully saturated rings. The van der Waals surface area contributed by atoms with Gasteiger partial charge >= 0.3 is 0 Å². The van der Waals surface area contributed by atoms with Gasteiger partial charge in [-0.05, 0) is 129 Å². The van der Waals surface area contributed by atoms with Gasteiger partial charge in [0.2, 0.25) is 0 Å². The lowest BCUT2D eigenvalue weighted by Gasteiger charge is -2.46. The molecule has 6 aliphatic heterocycles. The molecule has 18 nitrogen and oxygen atoms in total. The number of hydrogen-bond acceptors (Lipinski definition) is 18. The maximum absolute atomic E-state index is 8.63. The zero-order valence-corrected chi connectivity index (χ0v) is 77.7. The molecule has 18 rings (SSSR count). The highest BCUT2D eigenvalue weighted by Crippen LogP contribution is 2.55. The predicted octanol–water partition coefficient (Wildman–Crippen LogP) is 20.8. The molecular weight excluding hydrogens is 1620 g/mol. The van der Waals surface area contributed by atoms with Crippen LogP contribution in [-0.2, 0) is 52.8 Å². The van der Waals surface area contributed by atoms with Crippen LogP contribution in [0.25, 0.3) is 0 Å². The van der Waals surface area contributed by atoms with Crippen molar-refractivity contribution in [2.75, 3.05) is 136 Å². The smallest absolute Gasteiger partial charge is 0.119 e. The van der Waals surface area contributed by atoms with Crippen LogP contribution in [0.4, 0.5) is 0 Å². The van der Waals surface area contributed by atoms with Crippen molar-refractivity contribution in [2.24, 2.45) is 0 Å². The molecule has 14 atom stereocenters. The highest BCUT2D eigenvalue weighted by molar-refractivity contribution is 5.43. The molecule has 0 aromatic heterocycles. The summed E-state index contributed by atoms with van der Waals surface area (Å²) in [6.07, 6.45) is 2.39. The van der Waals surface area contributed by atoms with Crippen LogP contribution >= 0.6 is 0 Å². The van der Waals surface area contributed by atoms with Crippen LogP contribution in [0.3, 0.4) is 0 Å². The highest BCUT2D eigenvalue weighted by Gasteiger charge is 2.45. The number of rotatable bonds is 28. The van der Waals surface area contributed by atoms with Crippen LogP contribution in [-0.4, -0.2) is 203 Å². The molecule has 18 heteroatoms. The lowest BCUT2D eigenvalue weighted by molar-refractivity contribution is 0.171. The van der Waals surface area contributed by atoms with Crippen molar-refractivity contribution >= 4 is 0 Å². The first-order valence-corrected chi connectivity index (χ1v) is 44.0. The van der Waals surface area contributed by atoms with E-state index >= 15 is 0 Å². The molecule has 6 saturated heterocycles. The number of ether oxygens (including phenoxy) is 12. The molecule has 0 saturated carbocycles. The van der Waals surface area contributed by atoms with E-state index in [9.17, 15) is 0 Å². The van der Waals surface area contributed by atoms with Crippen molar-refractivity contribution in [1.29, 1.82) is 0 Å². The van der Waals surface area contributed by atoms with E-state index in [1.165, 1.54) is 44.5 Å². The van der Waals surface area contributed by atoms with Gasteiger partial charge in [-0.3, -0.25) is 0 Å². The fourth-order valence-electron chi connectivity index (χ4n) is 14.2. The quantitative estimate of drug-likeness (QED) is 0.0249. The number of phenols is 2. The van der Waals surface area contributed by atoms with Gasteiger partial charge in [-0.2, -0.15) is 0 Å². The maximum Gasteiger partial charge on any atom is 0.119 e. The van der Waals surface area contributed by atoms with Crippen LogP contribution in [0, 0.1) is 0 Å². The van der Waals surface area contributed by atoms with Gasteiger partial charge in [0.25, 0.3) is 0 Å².